The number of primary amides is 1. The number of piperidine rings is 1. The van der Waals surface area contributed by atoms with Gasteiger partial charge in [-0.1, -0.05) is 5.16 Å². The number of nitrogens with two attached hydrogens (primary N) is 1. The third-order valence-electron chi connectivity index (χ3n) is 5.25. The molecule has 1 unspecified atom stereocenters. The lowest BCUT2D eigenvalue weighted by atomic mass is 9.94. The maximum absolute atomic E-state index is 11.1. The van der Waals surface area contributed by atoms with Crippen LogP contribution in [-0.2, 0) is 6.54 Å². The zero-order valence-corrected chi connectivity index (χ0v) is 15.6. The molecule has 4 heterocycles. The molecule has 9 nitrogen and oxygen atoms in total. The first kappa shape index (κ1) is 17.8. The maximum atomic E-state index is 11.1. The molecule has 27 heavy (non-hydrogen) atoms. The molecule has 2 aliphatic heterocycles. The van der Waals surface area contributed by atoms with Gasteiger partial charge in [0.2, 0.25) is 5.89 Å². The van der Waals surface area contributed by atoms with E-state index in [9.17, 15) is 4.79 Å². The molecule has 0 spiro atoms. The molecule has 0 aromatic carbocycles. The molecule has 2 aromatic heterocycles. The first-order valence-electron chi connectivity index (χ1n) is 9.54. The summed E-state index contributed by atoms with van der Waals surface area (Å²) in [7, 11) is 0. The van der Waals surface area contributed by atoms with Gasteiger partial charge in [0.15, 0.2) is 0 Å². The monoisotopic (exact) mass is 371 g/mol. The molecule has 9 heteroatoms. The Morgan fingerprint density at radius 2 is 2.04 bits per heavy atom. The number of hydrogen-bond donors (Lipinski definition) is 1. The van der Waals surface area contributed by atoms with Gasteiger partial charge in [0.25, 0.3) is 11.7 Å². The van der Waals surface area contributed by atoms with E-state index in [1.54, 1.807) is 0 Å². The number of hydrogen-bond acceptors (Lipinski definition) is 8. The molecule has 2 fully saturated rings. The van der Waals surface area contributed by atoms with Crippen molar-refractivity contribution in [1.29, 1.82) is 0 Å². The van der Waals surface area contributed by atoms with Crippen molar-refractivity contribution in [2.45, 2.75) is 45.1 Å². The predicted octanol–water partition coefficient (Wildman–Crippen LogP) is 1.25. The molecule has 0 radical (unpaired) electrons. The Bertz CT molecular complexity index is 816. The summed E-state index contributed by atoms with van der Waals surface area (Å²) in [5, 5.41) is 3.61. The lowest BCUT2D eigenvalue weighted by Crippen LogP contribution is -2.34. The summed E-state index contributed by atoms with van der Waals surface area (Å²) < 4.78 is 5.14. The van der Waals surface area contributed by atoms with Crippen LogP contribution in [0, 0.1) is 6.92 Å². The predicted molar refractivity (Wildman–Crippen MR) is 98.3 cm³/mol. The number of likely N-dealkylation sites (tertiary alicyclic amines) is 1. The van der Waals surface area contributed by atoms with E-state index in [4.69, 9.17) is 15.2 Å². The van der Waals surface area contributed by atoms with Gasteiger partial charge < -0.3 is 15.2 Å². The van der Waals surface area contributed by atoms with Crippen molar-refractivity contribution in [2.75, 3.05) is 31.1 Å². The van der Waals surface area contributed by atoms with Gasteiger partial charge in [0.1, 0.15) is 11.6 Å². The molecule has 2 aromatic rings. The van der Waals surface area contributed by atoms with Gasteiger partial charge in [-0.05, 0) is 39.2 Å². The molecule has 0 saturated carbocycles. The average Bonchev–Trinajstić information content (AvgIpc) is 3.33. The number of aromatic nitrogens is 4. The van der Waals surface area contributed by atoms with E-state index in [0.29, 0.717) is 18.4 Å². The lowest BCUT2D eigenvalue weighted by molar-refractivity contribution is 0.0987. The highest BCUT2D eigenvalue weighted by Gasteiger charge is 2.26. The fraction of sp³-hybridized carbons (Fsp3) is 0.611. The van der Waals surface area contributed by atoms with Gasteiger partial charge in [0, 0.05) is 31.6 Å². The van der Waals surface area contributed by atoms with Crippen LogP contribution in [0.25, 0.3) is 0 Å². The molecule has 0 bridgehead atoms. The van der Waals surface area contributed by atoms with Gasteiger partial charge in [-0.15, -0.1) is 0 Å². The average molecular weight is 371 g/mol. The second kappa shape index (κ2) is 7.59. The summed E-state index contributed by atoms with van der Waals surface area (Å²) in [6.45, 7) is 6.45. The van der Waals surface area contributed by atoms with Crippen LogP contribution in [0.3, 0.4) is 0 Å². The van der Waals surface area contributed by atoms with E-state index in [0.717, 1.165) is 56.4 Å². The largest absolute Gasteiger partial charge is 0.363 e. The van der Waals surface area contributed by atoms with Crippen molar-refractivity contribution in [2.24, 2.45) is 5.73 Å². The van der Waals surface area contributed by atoms with Gasteiger partial charge in [-0.25, -0.2) is 9.97 Å². The molecular formula is C18H25N7O2. The summed E-state index contributed by atoms with van der Waals surface area (Å²) >= 11 is 0. The lowest BCUT2D eigenvalue weighted by Gasteiger charge is -2.31. The molecule has 4 rings (SSSR count). The van der Waals surface area contributed by atoms with E-state index in [1.807, 2.05) is 6.92 Å². The number of aryl methyl sites for hydroxylation is 1. The van der Waals surface area contributed by atoms with Crippen molar-refractivity contribution in [3.8, 4) is 0 Å². The van der Waals surface area contributed by atoms with Crippen molar-refractivity contribution in [1.82, 2.24) is 25.0 Å². The first-order valence-corrected chi connectivity index (χ1v) is 9.54. The molecule has 0 aliphatic carbocycles. The first-order chi connectivity index (χ1) is 13.1. The van der Waals surface area contributed by atoms with E-state index in [-0.39, 0.29) is 5.82 Å². The highest BCUT2D eigenvalue weighted by Crippen LogP contribution is 2.29. The number of anilines is 1. The molecule has 2 N–H and O–H groups in total. The Morgan fingerprint density at radius 1 is 1.22 bits per heavy atom. The van der Waals surface area contributed by atoms with Crippen molar-refractivity contribution in [3.05, 3.63) is 29.3 Å². The Morgan fingerprint density at radius 3 is 2.78 bits per heavy atom. The fourth-order valence-corrected chi connectivity index (χ4v) is 3.94. The number of rotatable bonds is 5. The summed E-state index contributed by atoms with van der Waals surface area (Å²) in [4.78, 5) is 29.2. The van der Waals surface area contributed by atoms with Crippen LogP contribution in [0.2, 0.25) is 0 Å². The zero-order chi connectivity index (χ0) is 18.8. The maximum Gasteiger partial charge on any atom is 0.290 e. The van der Waals surface area contributed by atoms with Gasteiger partial charge in [0.05, 0.1) is 12.2 Å². The quantitative estimate of drug-likeness (QED) is 0.835. The van der Waals surface area contributed by atoms with Crippen LogP contribution in [0.15, 0.2) is 10.6 Å². The molecule has 2 aliphatic rings. The summed E-state index contributed by atoms with van der Waals surface area (Å²) in [5.74, 6) is 1.90. The van der Waals surface area contributed by atoms with Crippen LogP contribution in [0.5, 0.6) is 0 Å². The second-order valence-electron chi connectivity index (χ2n) is 7.34. The number of carbonyl (C=O) groups excluding carboxylic acids is 1. The van der Waals surface area contributed by atoms with E-state index in [2.05, 4.69) is 31.0 Å². The summed E-state index contributed by atoms with van der Waals surface area (Å²) in [6.07, 6.45) is 4.63. The normalized spacial score (nSPS) is 20.9. The molecule has 1 atom stereocenters. The van der Waals surface area contributed by atoms with E-state index >= 15 is 0 Å². The third kappa shape index (κ3) is 4.08. The Labute approximate surface area is 158 Å². The van der Waals surface area contributed by atoms with Crippen LogP contribution in [0.1, 0.15) is 59.6 Å². The van der Waals surface area contributed by atoms with E-state index < -0.39 is 5.91 Å². The number of carbonyl (C=O) groups is 1. The van der Waals surface area contributed by atoms with Crippen LogP contribution in [-0.4, -0.2) is 57.1 Å². The Kier molecular flexibility index (Phi) is 5.02. The number of nitrogens with zero attached hydrogens (tertiary/aromatic N) is 6. The molecule has 1 amide bonds. The third-order valence-corrected chi connectivity index (χ3v) is 5.25. The van der Waals surface area contributed by atoms with Crippen molar-refractivity contribution in [3.63, 3.8) is 0 Å². The van der Waals surface area contributed by atoms with Crippen molar-refractivity contribution >= 4 is 11.7 Å². The summed E-state index contributed by atoms with van der Waals surface area (Å²) in [5.41, 5.74) is 6.29. The number of amides is 1. The Balaban J connectivity index is 1.46. The zero-order valence-electron chi connectivity index (χ0n) is 15.6. The SMILES string of the molecule is Cc1nc(C2CCCN(Cc3nc(C(N)=O)no3)C2)cc(N2CCCC2)n1. The van der Waals surface area contributed by atoms with E-state index in [1.165, 1.54) is 12.8 Å². The van der Waals surface area contributed by atoms with Gasteiger partial charge in [-0.3, -0.25) is 9.69 Å². The van der Waals surface area contributed by atoms with Gasteiger partial charge in [-0.2, -0.15) is 4.98 Å². The van der Waals surface area contributed by atoms with Crippen LogP contribution >= 0.6 is 0 Å². The van der Waals surface area contributed by atoms with Crippen LogP contribution < -0.4 is 10.6 Å². The van der Waals surface area contributed by atoms with Crippen molar-refractivity contribution < 1.29 is 9.32 Å². The summed E-state index contributed by atoms with van der Waals surface area (Å²) in [6, 6.07) is 2.16. The minimum atomic E-state index is -0.674. The van der Waals surface area contributed by atoms with Crippen LogP contribution in [0.4, 0.5) is 5.82 Å². The minimum absolute atomic E-state index is 0.0692. The second-order valence-corrected chi connectivity index (χ2v) is 7.34. The van der Waals surface area contributed by atoms with Gasteiger partial charge >= 0.3 is 0 Å². The topological polar surface area (TPSA) is 114 Å². The standard InChI is InChI=1S/C18H25N7O2/c1-12-20-14(9-15(21-12)25-7-2-3-8-25)13-5-4-6-24(10-13)11-16-22-18(17(19)26)23-27-16/h9,13H,2-8,10-11H2,1H3,(H2,19,26). The minimum Gasteiger partial charge on any atom is -0.363 e. The highest BCUT2D eigenvalue weighted by atomic mass is 16.5. The molecule has 144 valence electrons. The highest BCUT2D eigenvalue weighted by molar-refractivity contribution is 5.88. The fourth-order valence-electron chi connectivity index (χ4n) is 3.94. The smallest absolute Gasteiger partial charge is 0.290 e. The Hall–Kier alpha value is -2.55. The molecular weight excluding hydrogens is 346 g/mol. The molecule has 2 saturated heterocycles.